The highest BCUT2D eigenvalue weighted by molar-refractivity contribution is 5.87. The van der Waals surface area contributed by atoms with Crippen LogP contribution < -0.4 is 15.1 Å². The van der Waals surface area contributed by atoms with Crippen LogP contribution >= 0.6 is 0 Å². The van der Waals surface area contributed by atoms with Gasteiger partial charge in [-0.15, -0.1) is 0 Å². The molecule has 3 rings (SSSR count). The van der Waals surface area contributed by atoms with Crippen LogP contribution in [0.1, 0.15) is 19.4 Å². The first-order chi connectivity index (χ1) is 9.96. The largest absolute Gasteiger partial charge is 0.496 e. The van der Waals surface area contributed by atoms with Crippen molar-refractivity contribution in [3.63, 3.8) is 0 Å². The van der Waals surface area contributed by atoms with Crippen molar-refractivity contribution < 1.29 is 18.6 Å². The third kappa shape index (κ3) is 2.38. The monoisotopic (exact) mass is 290 g/mol. The van der Waals surface area contributed by atoms with E-state index in [4.69, 9.17) is 18.6 Å². The Kier molecular flexibility index (Phi) is 3.17. The molecule has 1 saturated heterocycles. The predicted octanol–water partition coefficient (Wildman–Crippen LogP) is 2.53. The van der Waals surface area contributed by atoms with E-state index < -0.39 is 5.63 Å². The Morgan fingerprint density at radius 1 is 1.24 bits per heavy atom. The quantitative estimate of drug-likeness (QED) is 0.639. The van der Waals surface area contributed by atoms with Gasteiger partial charge in [0.05, 0.1) is 31.3 Å². The van der Waals surface area contributed by atoms with Crippen LogP contribution in [0.3, 0.4) is 0 Å². The summed E-state index contributed by atoms with van der Waals surface area (Å²) in [5, 5.41) is 0.756. The fourth-order valence-corrected chi connectivity index (χ4v) is 2.62. The van der Waals surface area contributed by atoms with Crippen molar-refractivity contribution in [3.8, 4) is 11.5 Å². The Morgan fingerprint density at radius 3 is 2.52 bits per heavy atom. The third-order valence-corrected chi connectivity index (χ3v) is 3.92. The molecular formula is C16H18O5. The highest BCUT2D eigenvalue weighted by Gasteiger charge is 2.48. The van der Waals surface area contributed by atoms with Gasteiger partial charge in [-0.1, -0.05) is 0 Å². The summed E-state index contributed by atoms with van der Waals surface area (Å²) in [4.78, 5) is 11.4. The lowest BCUT2D eigenvalue weighted by Crippen LogP contribution is -2.08. The van der Waals surface area contributed by atoms with Crippen molar-refractivity contribution in [1.82, 2.24) is 0 Å². The van der Waals surface area contributed by atoms with E-state index in [0.717, 1.165) is 10.9 Å². The zero-order valence-corrected chi connectivity index (χ0v) is 12.6. The molecule has 0 bridgehead atoms. The number of ether oxygens (including phenoxy) is 3. The van der Waals surface area contributed by atoms with Crippen LogP contribution in [0.15, 0.2) is 27.4 Å². The lowest BCUT2D eigenvalue weighted by molar-refractivity contribution is 0.320. The van der Waals surface area contributed by atoms with Crippen molar-refractivity contribution in [1.29, 1.82) is 0 Å². The minimum atomic E-state index is -0.397. The first kappa shape index (κ1) is 13.9. The van der Waals surface area contributed by atoms with Crippen LogP contribution in [-0.2, 0) is 11.2 Å². The molecule has 1 aliphatic heterocycles. The van der Waals surface area contributed by atoms with Crippen LogP contribution in [0.5, 0.6) is 11.5 Å². The van der Waals surface area contributed by atoms with Crippen molar-refractivity contribution in [2.75, 3.05) is 14.2 Å². The zero-order valence-electron chi connectivity index (χ0n) is 12.6. The number of benzene rings is 1. The molecule has 21 heavy (non-hydrogen) atoms. The molecule has 1 aromatic heterocycles. The smallest absolute Gasteiger partial charge is 0.336 e. The van der Waals surface area contributed by atoms with Gasteiger partial charge in [0, 0.05) is 24.1 Å². The molecule has 112 valence electrons. The second-order valence-corrected chi connectivity index (χ2v) is 5.67. The number of epoxide rings is 1. The van der Waals surface area contributed by atoms with Crippen LogP contribution in [0.25, 0.3) is 11.0 Å². The Bertz CT molecular complexity index is 744. The molecule has 0 saturated carbocycles. The van der Waals surface area contributed by atoms with Crippen molar-refractivity contribution in [2.24, 2.45) is 0 Å². The van der Waals surface area contributed by atoms with E-state index in [1.54, 1.807) is 26.4 Å². The summed E-state index contributed by atoms with van der Waals surface area (Å²) in [5.74, 6) is 1.31. The van der Waals surface area contributed by atoms with Gasteiger partial charge in [0.25, 0.3) is 0 Å². The molecule has 2 aromatic rings. The summed E-state index contributed by atoms with van der Waals surface area (Å²) >= 11 is 0. The Hall–Kier alpha value is -2.01. The van der Waals surface area contributed by atoms with E-state index in [9.17, 15) is 4.79 Å². The van der Waals surface area contributed by atoms with E-state index >= 15 is 0 Å². The zero-order chi connectivity index (χ0) is 15.2. The SMILES string of the molecule is COc1cc2oc(=O)ccc2c(OC)c1CC1OC1(C)C. The number of hydrogen-bond donors (Lipinski definition) is 0. The van der Waals surface area contributed by atoms with E-state index in [1.807, 2.05) is 0 Å². The van der Waals surface area contributed by atoms with Gasteiger partial charge >= 0.3 is 5.63 Å². The van der Waals surface area contributed by atoms with Crippen LogP contribution in [0, 0.1) is 0 Å². The van der Waals surface area contributed by atoms with Gasteiger partial charge in [0.1, 0.15) is 17.1 Å². The van der Waals surface area contributed by atoms with Crippen LogP contribution in [-0.4, -0.2) is 25.9 Å². The normalized spacial score (nSPS) is 19.5. The van der Waals surface area contributed by atoms with Gasteiger partial charge in [-0.25, -0.2) is 4.79 Å². The molecular weight excluding hydrogens is 272 g/mol. The highest BCUT2D eigenvalue weighted by atomic mass is 16.6. The summed E-state index contributed by atoms with van der Waals surface area (Å²) in [7, 11) is 3.19. The molecule has 0 N–H and O–H groups in total. The molecule has 0 radical (unpaired) electrons. The minimum absolute atomic E-state index is 0.117. The third-order valence-electron chi connectivity index (χ3n) is 3.92. The summed E-state index contributed by atoms with van der Waals surface area (Å²) in [5.41, 5.74) is 0.868. The maximum absolute atomic E-state index is 11.4. The van der Waals surface area contributed by atoms with Crippen molar-refractivity contribution in [2.45, 2.75) is 32.0 Å². The first-order valence-electron chi connectivity index (χ1n) is 6.82. The number of hydrogen-bond acceptors (Lipinski definition) is 5. The van der Waals surface area contributed by atoms with Gasteiger partial charge in [0.15, 0.2) is 0 Å². The Morgan fingerprint density at radius 2 is 1.95 bits per heavy atom. The van der Waals surface area contributed by atoms with Crippen molar-refractivity contribution in [3.05, 3.63) is 34.2 Å². The fraction of sp³-hybridized carbons (Fsp3) is 0.438. The maximum atomic E-state index is 11.4. The summed E-state index contributed by atoms with van der Waals surface area (Å²) < 4.78 is 21.8. The molecule has 1 unspecified atom stereocenters. The van der Waals surface area contributed by atoms with Gasteiger partial charge in [-0.3, -0.25) is 0 Å². The summed E-state index contributed by atoms with van der Waals surface area (Å²) in [6.07, 6.45) is 0.822. The van der Waals surface area contributed by atoms with Crippen LogP contribution in [0.4, 0.5) is 0 Å². The molecule has 2 heterocycles. The molecule has 0 spiro atoms. The number of fused-ring (bicyclic) bond motifs is 1. The fourth-order valence-electron chi connectivity index (χ4n) is 2.62. The molecule has 5 heteroatoms. The lowest BCUT2D eigenvalue weighted by Gasteiger charge is -2.15. The molecule has 1 aromatic carbocycles. The summed E-state index contributed by atoms with van der Waals surface area (Å²) in [6, 6.07) is 4.82. The number of methoxy groups -OCH3 is 2. The van der Waals surface area contributed by atoms with Gasteiger partial charge in [0.2, 0.25) is 0 Å². The average molecular weight is 290 g/mol. The molecule has 5 nitrogen and oxygen atoms in total. The molecule has 0 amide bonds. The Labute approximate surface area is 122 Å². The number of rotatable bonds is 4. The predicted molar refractivity (Wildman–Crippen MR) is 78.2 cm³/mol. The maximum Gasteiger partial charge on any atom is 0.336 e. The van der Waals surface area contributed by atoms with E-state index in [-0.39, 0.29) is 11.7 Å². The second-order valence-electron chi connectivity index (χ2n) is 5.67. The minimum Gasteiger partial charge on any atom is -0.496 e. The lowest BCUT2D eigenvalue weighted by atomic mass is 9.99. The summed E-state index contributed by atoms with van der Waals surface area (Å²) in [6.45, 7) is 4.10. The van der Waals surface area contributed by atoms with Crippen molar-refractivity contribution >= 4 is 11.0 Å². The van der Waals surface area contributed by atoms with E-state index in [1.165, 1.54) is 6.07 Å². The molecule has 1 atom stereocenters. The molecule has 1 aliphatic rings. The van der Waals surface area contributed by atoms with Gasteiger partial charge in [-0.2, -0.15) is 0 Å². The average Bonchev–Trinajstić information content (AvgIpc) is 3.05. The standard InChI is InChI=1S/C16H18O5/c1-16(2)13(21-16)7-10-11(18-3)8-12-9(15(10)19-4)5-6-14(17)20-12/h5-6,8,13H,7H2,1-4H3. The van der Waals surface area contributed by atoms with Crippen LogP contribution in [0.2, 0.25) is 0 Å². The second kappa shape index (κ2) is 4.77. The van der Waals surface area contributed by atoms with E-state index in [0.29, 0.717) is 23.5 Å². The topological polar surface area (TPSA) is 61.2 Å². The molecule has 1 fully saturated rings. The first-order valence-corrected chi connectivity index (χ1v) is 6.82. The van der Waals surface area contributed by atoms with Gasteiger partial charge in [-0.05, 0) is 19.9 Å². The van der Waals surface area contributed by atoms with Gasteiger partial charge < -0.3 is 18.6 Å². The van der Waals surface area contributed by atoms with E-state index in [2.05, 4.69) is 13.8 Å². The highest BCUT2D eigenvalue weighted by Crippen LogP contribution is 2.43. The Balaban J connectivity index is 2.16. The molecule has 0 aliphatic carbocycles.